The Bertz CT molecular complexity index is 286. The van der Waals surface area contributed by atoms with E-state index in [0.29, 0.717) is 5.69 Å². The molecule has 2 rings (SSSR count). The first-order chi connectivity index (χ1) is 5.29. The zero-order chi connectivity index (χ0) is 7.84. The van der Waals surface area contributed by atoms with Crippen molar-refractivity contribution < 1.29 is 4.79 Å². The third kappa shape index (κ3) is 1.06. The van der Waals surface area contributed by atoms with Crippen molar-refractivity contribution in [1.29, 1.82) is 0 Å². The molecule has 1 heterocycles. The maximum Gasteiger partial charge on any atom is 0.183 e. The van der Waals surface area contributed by atoms with E-state index < -0.39 is 0 Å². The monoisotopic (exact) mass is 150 g/mol. The SMILES string of the molecule is Cc1cn[nH]c1C(=O)C1CC1. The van der Waals surface area contributed by atoms with Crippen LogP contribution in [0, 0.1) is 12.8 Å². The first-order valence-corrected chi connectivity index (χ1v) is 3.83. The molecule has 1 aromatic rings. The average molecular weight is 150 g/mol. The van der Waals surface area contributed by atoms with Crippen molar-refractivity contribution in [3.05, 3.63) is 17.5 Å². The number of nitrogens with zero attached hydrogens (tertiary/aromatic N) is 1. The van der Waals surface area contributed by atoms with Crippen LogP contribution < -0.4 is 0 Å². The van der Waals surface area contributed by atoms with Crippen LogP contribution in [0.25, 0.3) is 0 Å². The fraction of sp³-hybridized carbons (Fsp3) is 0.500. The van der Waals surface area contributed by atoms with Gasteiger partial charge in [-0.1, -0.05) is 0 Å². The zero-order valence-electron chi connectivity index (χ0n) is 6.42. The number of ketones is 1. The summed E-state index contributed by atoms with van der Waals surface area (Å²) >= 11 is 0. The lowest BCUT2D eigenvalue weighted by Gasteiger charge is -1.93. The van der Waals surface area contributed by atoms with Crippen LogP contribution in [0.4, 0.5) is 0 Å². The van der Waals surface area contributed by atoms with Gasteiger partial charge in [-0.05, 0) is 25.3 Å². The lowest BCUT2D eigenvalue weighted by Crippen LogP contribution is -2.03. The lowest BCUT2D eigenvalue weighted by molar-refractivity contribution is 0.0962. The van der Waals surface area contributed by atoms with Gasteiger partial charge in [0, 0.05) is 5.92 Å². The summed E-state index contributed by atoms with van der Waals surface area (Å²) in [6, 6.07) is 0. The Labute approximate surface area is 64.8 Å². The predicted molar refractivity (Wildman–Crippen MR) is 40.4 cm³/mol. The number of hydrogen-bond donors (Lipinski definition) is 1. The molecule has 1 N–H and O–H groups in total. The zero-order valence-corrected chi connectivity index (χ0v) is 6.42. The van der Waals surface area contributed by atoms with Crippen molar-refractivity contribution in [2.75, 3.05) is 0 Å². The summed E-state index contributed by atoms with van der Waals surface area (Å²) in [4.78, 5) is 11.4. The van der Waals surface area contributed by atoms with Gasteiger partial charge in [0.1, 0.15) is 5.69 Å². The van der Waals surface area contributed by atoms with Gasteiger partial charge in [-0.2, -0.15) is 5.10 Å². The third-order valence-electron chi connectivity index (χ3n) is 2.02. The van der Waals surface area contributed by atoms with Crippen LogP contribution in [0.1, 0.15) is 28.9 Å². The molecule has 0 saturated heterocycles. The van der Waals surface area contributed by atoms with Crippen molar-refractivity contribution in [2.45, 2.75) is 19.8 Å². The molecule has 0 bridgehead atoms. The molecule has 0 aromatic carbocycles. The number of aromatic amines is 1. The molecule has 0 amide bonds. The van der Waals surface area contributed by atoms with Gasteiger partial charge in [0.2, 0.25) is 0 Å². The number of rotatable bonds is 2. The minimum absolute atomic E-state index is 0.236. The average Bonchev–Trinajstić information content (AvgIpc) is 2.74. The molecule has 0 atom stereocenters. The van der Waals surface area contributed by atoms with Gasteiger partial charge in [0.05, 0.1) is 6.20 Å². The Balaban J connectivity index is 2.27. The van der Waals surface area contributed by atoms with Gasteiger partial charge < -0.3 is 0 Å². The van der Waals surface area contributed by atoms with E-state index in [0.717, 1.165) is 18.4 Å². The van der Waals surface area contributed by atoms with E-state index in [4.69, 9.17) is 0 Å². The Morgan fingerprint density at radius 3 is 2.91 bits per heavy atom. The summed E-state index contributed by atoms with van der Waals surface area (Å²) in [5, 5.41) is 6.53. The molecule has 0 aliphatic heterocycles. The van der Waals surface area contributed by atoms with Crippen LogP contribution in [0.15, 0.2) is 6.20 Å². The molecule has 1 saturated carbocycles. The lowest BCUT2D eigenvalue weighted by atomic mass is 10.1. The number of Topliss-reactive ketones (excluding diaryl/α,β-unsaturated/α-hetero) is 1. The summed E-state index contributed by atoms with van der Waals surface area (Å²) in [5.74, 6) is 0.522. The molecule has 58 valence electrons. The second kappa shape index (κ2) is 2.19. The molecular formula is C8H10N2O. The van der Waals surface area contributed by atoms with Crippen LogP contribution in [-0.2, 0) is 0 Å². The number of H-pyrrole nitrogens is 1. The fourth-order valence-electron chi connectivity index (χ4n) is 1.15. The number of carbonyl (C=O) groups is 1. The highest BCUT2D eigenvalue weighted by atomic mass is 16.1. The summed E-state index contributed by atoms with van der Waals surface area (Å²) < 4.78 is 0. The van der Waals surface area contributed by atoms with Gasteiger partial charge in [0.25, 0.3) is 0 Å². The first-order valence-electron chi connectivity index (χ1n) is 3.83. The Kier molecular flexibility index (Phi) is 1.31. The smallest absolute Gasteiger partial charge is 0.183 e. The van der Waals surface area contributed by atoms with Gasteiger partial charge in [-0.25, -0.2) is 0 Å². The summed E-state index contributed by atoms with van der Waals surface area (Å²) in [6.07, 6.45) is 3.80. The van der Waals surface area contributed by atoms with E-state index in [9.17, 15) is 4.79 Å². The topological polar surface area (TPSA) is 45.8 Å². The normalized spacial score (nSPS) is 16.8. The van der Waals surface area contributed by atoms with Crippen LogP contribution >= 0.6 is 0 Å². The van der Waals surface area contributed by atoms with E-state index in [2.05, 4.69) is 10.2 Å². The molecule has 1 fully saturated rings. The summed E-state index contributed by atoms with van der Waals surface area (Å²) in [5.41, 5.74) is 1.66. The molecule has 1 aliphatic carbocycles. The van der Waals surface area contributed by atoms with Crippen molar-refractivity contribution >= 4 is 5.78 Å². The van der Waals surface area contributed by atoms with Crippen molar-refractivity contribution in [1.82, 2.24) is 10.2 Å². The molecule has 3 heteroatoms. The maximum atomic E-state index is 11.4. The molecule has 1 aliphatic rings. The highest BCUT2D eigenvalue weighted by Gasteiger charge is 2.31. The van der Waals surface area contributed by atoms with Crippen LogP contribution in [-0.4, -0.2) is 16.0 Å². The maximum absolute atomic E-state index is 11.4. The van der Waals surface area contributed by atoms with Crippen LogP contribution in [0.2, 0.25) is 0 Å². The number of carbonyl (C=O) groups excluding carboxylic acids is 1. The molecular weight excluding hydrogens is 140 g/mol. The minimum Gasteiger partial charge on any atom is -0.292 e. The number of hydrogen-bond acceptors (Lipinski definition) is 2. The Morgan fingerprint density at radius 1 is 1.73 bits per heavy atom. The Hall–Kier alpha value is -1.12. The molecule has 0 radical (unpaired) electrons. The van der Waals surface area contributed by atoms with Gasteiger partial charge >= 0.3 is 0 Å². The first kappa shape index (κ1) is 6.58. The second-order valence-corrected chi connectivity index (χ2v) is 3.07. The van der Waals surface area contributed by atoms with E-state index >= 15 is 0 Å². The molecule has 11 heavy (non-hydrogen) atoms. The Morgan fingerprint density at radius 2 is 2.45 bits per heavy atom. The second-order valence-electron chi connectivity index (χ2n) is 3.07. The summed E-state index contributed by atoms with van der Waals surface area (Å²) in [7, 11) is 0. The van der Waals surface area contributed by atoms with Crippen molar-refractivity contribution in [2.24, 2.45) is 5.92 Å². The van der Waals surface area contributed by atoms with Crippen LogP contribution in [0.3, 0.4) is 0 Å². The third-order valence-corrected chi connectivity index (χ3v) is 2.02. The summed E-state index contributed by atoms with van der Waals surface area (Å²) in [6.45, 7) is 1.90. The van der Waals surface area contributed by atoms with Crippen molar-refractivity contribution in [3.63, 3.8) is 0 Å². The molecule has 1 aromatic heterocycles. The number of aromatic nitrogens is 2. The quantitative estimate of drug-likeness (QED) is 0.646. The fourth-order valence-corrected chi connectivity index (χ4v) is 1.15. The van der Waals surface area contributed by atoms with E-state index in [1.165, 1.54) is 0 Å². The van der Waals surface area contributed by atoms with E-state index in [1.807, 2.05) is 6.92 Å². The molecule has 0 spiro atoms. The van der Waals surface area contributed by atoms with E-state index in [-0.39, 0.29) is 11.7 Å². The number of nitrogens with one attached hydrogen (secondary N) is 1. The van der Waals surface area contributed by atoms with Gasteiger partial charge in [-0.3, -0.25) is 9.89 Å². The molecule has 0 unspecified atom stereocenters. The molecule has 3 nitrogen and oxygen atoms in total. The van der Waals surface area contributed by atoms with Crippen molar-refractivity contribution in [3.8, 4) is 0 Å². The highest BCUT2D eigenvalue weighted by Crippen LogP contribution is 2.32. The minimum atomic E-state index is 0.236. The van der Waals surface area contributed by atoms with E-state index in [1.54, 1.807) is 6.20 Å². The van der Waals surface area contributed by atoms with Gasteiger partial charge in [0.15, 0.2) is 5.78 Å². The van der Waals surface area contributed by atoms with Crippen LogP contribution in [0.5, 0.6) is 0 Å². The predicted octanol–water partition coefficient (Wildman–Crippen LogP) is 1.31. The standard InChI is InChI=1S/C8H10N2O/c1-5-4-9-10-7(5)8(11)6-2-3-6/h4,6H,2-3H2,1H3,(H,9,10). The highest BCUT2D eigenvalue weighted by molar-refractivity contribution is 5.98. The van der Waals surface area contributed by atoms with Gasteiger partial charge in [-0.15, -0.1) is 0 Å². The largest absolute Gasteiger partial charge is 0.292 e. The number of aryl methyl sites for hydroxylation is 1.